The van der Waals surface area contributed by atoms with Crippen LogP contribution in [0.5, 0.6) is 5.75 Å². The third-order valence-electron chi connectivity index (χ3n) is 2.21. The van der Waals surface area contributed by atoms with Crippen LogP contribution in [-0.2, 0) is 14.8 Å². The van der Waals surface area contributed by atoms with Crippen molar-refractivity contribution >= 4 is 21.7 Å². The Morgan fingerprint density at radius 1 is 1.45 bits per heavy atom. The minimum atomic E-state index is -3.60. The second kappa shape index (κ2) is 7.35. The predicted molar refractivity (Wildman–Crippen MR) is 71.8 cm³/mol. The zero-order chi connectivity index (χ0) is 15.0. The average molecular weight is 298 g/mol. The maximum atomic E-state index is 11.7. The van der Waals surface area contributed by atoms with E-state index in [4.69, 9.17) is 15.1 Å². The number of nitriles is 1. The van der Waals surface area contributed by atoms with Crippen LogP contribution >= 0.6 is 0 Å². The van der Waals surface area contributed by atoms with Crippen molar-refractivity contribution in [3.8, 4) is 11.8 Å². The van der Waals surface area contributed by atoms with Gasteiger partial charge in [0.05, 0.1) is 11.4 Å². The van der Waals surface area contributed by atoms with Crippen molar-refractivity contribution in [2.75, 3.05) is 17.1 Å². The molecular weight excluding hydrogens is 284 g/mol. The van der Waals surface area contributed by atoms with E-state index in [9.17, 15) is 13.2 Å². The molecule has 0 fully saturated rings. The van der Waals surface area contributed by atoms with Crippen LogP contribution in [0.15, 0.2) is 24.3 Å². The highest BCUT2D eigenvalue weighted by Gasteiger charge is 2.11. The highest BCUT2D eigenvalue weighted by Crippen LogP contribution is 2.18. The first kappa shape index (κ1) is 15.8. The maximum Gasteiger partial charge on any atom is 0.303 e. The first-order chi connectivity index (χ1) is 9.43. The first-order valence-corrected chi connectivity index (χ1v) is 7.40. The number of benzene rings is 1. The summed E-state index contributed by atoms with van der Waals surface area (Å²) in [4.78, 5) is 10.3. The van der Waals surface area contributed by atoms with Crippen molar-refractivity contribution in [3.05, 3.63) is 24.3 Å². The van der Waals surface area contributed by atoms with E-state index < -0.39 is 16.0 Å². The molecule has 1 rings (SSSR count). The Bertz CT molecular complexity index is 607. The highest BCUT2D eigenvalue weighted by atomic mass is 32.2. The number of nitrogens with zero attached hydrogens (tertiary/aromatic N) is 1. The molecule has 0 heterocycles. The summed E-state index contributed by atoms with van der Waals surface area (Å²) in [5.74, 6) is -0.938. The summed E-state index contributed by atoms with van der Waals surface area (Å²) in [6.45, 7) is -0.130. The number of ether oxygens (including phenoxy) is 1. The quantitative estimate of drug-likeness (QED) is 0.744. The molecular formula is C12H14N2O5S. The van der Waals surface area contributed by atoms with Crippen LogP contribution in [0.1, 0.15) is 12.8 Å². The standard InChI is InChI=1S/C12H14N2O5S/c13-6-7-19-11-4-1-3-10(9-11)14-20(17,18)8-2-5-12(15)16/h1,3-4,9,14H,2,5,7-8H2,(H,15,16). The third-order valence-corrected chi connectivity index (χ3v) is 3.59. The molecule has 20 heavy (non-hydrogen) atoms. The number of hydrogen-bond donors (Lipinski definition) is 2. The van der Waals surface area contributed by atoms with Crippen molar-refractivity contribution in [1.29, 1.82) is 5.26 Å². The second-order valence-electron chi connectivity index (χ2n) is 3.89. The van der Waals surface area contributed by atoms with Crippen LogP contribution in [0.3, 0.4) is 0 Å². The number of nitrogens with one attached hydrogen (secondary N) is 1. The van der Waals surface area contributed by atoms with Crippen molar-refractivity contribution < 1.29 is 23.1 Å². The fourth-order valence-corrected chi connectivity index (χ4v) is 2.52. The number of hydrogen-bond acceptors (Lipinski definition) is 5. The van der Waals surface area contributed by atoms with E-state index in [0.29, 0.717) is 11.4 Å². The van der Waals surface area contributed by atoms with E-state index >= 15 is 0 Å². The summed E-state index contributed by atoms with van der Waals surface area (Å²) in [6, 6.07) is 7.97. The Hall–Kier alpha value is -2.27. The van der Waals surface area contributed by atoms with Crippen LogP contribution in [0.2, 0.25) is 0 Å². The van der Waals surface area contributed by atoms with Crippen molar-refractivity contribution in [2.24, 2.45) is 0 Å². The highest BCUT2D eigenvalue weighted by molar-refractivity contribution is 7.92. The fraction of sp³-hybridized carbons (Fsp3) is 0.333. The van der Waals surface area contributed by atoms with Gasteiger partial charge in [-0.1, -0.05) is 6.07 Å². The number of carboxylic acid groups (broad SMARTS) is 1. The Morgan fingerprint density at radius 3 is 2.85 bits per heavy atom. The molecule has 0 aromatic heterocycles. The zero-order valence-corrected chi connectivity index (χ0v) is 11.4. The van der Waals surface area contributed by atoms with Gasteiger partial charge in [0.2, 0.25) is 10.0 Å². The van der Waals surface area contributed by atoms with Gasteiger partial charge >= 0.3 is 5.97 Å². The summed E-state index contributed by atoms with van der Waals surface area (Å²) in [6.07, 6.45) is -0.165. The summed E-state index contributed by atoms with van der Waals surface area (Å²) < 4.78 is 30.8. The van der Waals surface area contributed by atoms with Gasteiger partial charge in [-0.15, -0.1) is 0 Å². The lowest BCUT2D eigenvalue weighted by Crippen LogP contribution is -2.17. The number of rotatable bonds is 8. The number of carbonyl (C=O) groups is 1. The first-order valence-electron chi connectivity index (χ1n) is 5.75. The molecule has 2 N–H and O–H groups in total. The van der Waals surface area contributed by atoms with Gasteiger partial charge in [0.25, 0.3) is 0 Å². The molecule has 1 aromatic rings. The van der Waals surface area contributed by atoms with Crippen molar-refractivity contribution in [3.63, 3.8) is 0 Å². The monoisotopic (exact) mass is 298 g/mol. The average Bonchev–Trinajstić information content (AvgIpc) is 2.35. The summed E-state index contributed by atoms with van der Waals surface area (Å²) in [5, 5.41) is 16.9. The van der Waals surface area contributed by atoms with Crippen LogP contribution in [0, 0.1) is 11.3 Å². The molecule has 0 aliphatic rings. The molecule has 0 saturated heterocycles. The van der Waals surface area contributed by atoms with Gasteiger partial charge in [0.1, 0.15) is 11.8 Å². The number of aliphatic carboxylic acids is 1. The molecule has 0 amide bonds. The van der Waals surface area contributed by atoms with Gasteiger partial charge in [-0.05, 0) is 18.6 Å². The Morgan fingerprint density at radius 2 is 2.20 bits per heavy atom. The van der Waals surface area contributed by atoms with Gasteiger partial charge in [-0.3, -0.25) is 9.52 Å². The fourth-order valence-electron chi connectivity index (χ4n) is 1.41. The molecule has 0 bridgehead atoms. The lowest BCUT2D eigenvalue weighted by atomic mass is 10.3. The van der Waals surface area contributed by atoms with Gasteiger partial charge in [0.15, 0.2) is 6.61 Å². The molecule has 0 aliphatic heterocycles. The third kappa shape index (κ3) is 6.06. The number of anilines is 1. The predicted octanol–water partition coefficient (Wildman–Crippen LogP) is 1.20. The van der Waals surface area contributed by atoms with Crippen molar-refractivity contribution in [1.82, 2.24) is 0 Å². The molecule has 0 aliphatic carbocycles. The maximum absolute atomic E-state index is 11.7. The van der Waals surface area contributed by atoms with E-state index in [0.717, 1.165) is 0 Å². The Labute approximate surface area is 116 Å². The molecule has 1 aromatic carbocycles. The minimum Gasteiger partial charge on any atom is -0.481 e. The van der Waals surface area contributed by atoms with Crippen LogP contribution in [-0.4, -0.2) is 31.9 Å². The van der Waals surface area contributed by atoms with E-state index in [2.05, 4.69) is 4.72 Å². The number of sulfonamides is 1. The van der Waals surface area contributed by atoms with E-state index in [1.165, 1.54) is 12.1 Å². The van der Waals surface area contributed by atoms with Gasteiger partial charge in [-0.25, -0.2) is 8.42 Å². The molecule has 0 unspecified atom stereocenters. The molecule has 0 spiro atoms. The zero-order valence-electron chi connectivity index (χ0n) is 10.6. The smallest absolute Gasteiger partial charge is 0.303 e. The minimum absolute atomic E-state index is 0.0370. The van der Waals surface area contributed by atoms with Gasteiger partial charge in [-0.2, -0.15) is 5.26 Å². The molecule has 108 valence electrons. The topological polar surface area (TPSA) is 116 Å². The summed E-state index contributed by atoms with van der Waals surface area (Å²) in [7, 11) is -3.60. The molecule has 8 heteroatoms. The van der Waals surface area contributed by atoms with Crippen LogP contribution in [0.25, 0.3) is 0 Å². The summed E-state index contributed by atoms with van der Waals surface area (Å²) >= 11 is 0. The molecule has 0 saturated carbocycles. The van der Waals surface area contributed by atoms with Crippen molar-refractivity contribution in [2.45, 2.75) is 12.8 Å². The SMILES string of the molecule is N#CCOc1cccc(NS(=O)(=O)CCCC(=O)O)c1. The largest absolute Gasteiger partial charge is 0.481 e. The Balaban J connectivity index is 2.62. The molecule has 0 atom stereocenters. The van der Waals surface area contributed by atoms with Gasteiger partial charge in [0, 0.05) is 12.5 Å². The lowest BCUT2D eigenvalue weighted by molar-refractivity contribution is -0.137. The van der Waals surface area contributed by atoms with Gasteiger partial charge < -0.3 is 9.84 Å². The van der Waals surface area contributed by atoms with Crippen LogP contribution in [0.4, 0.5) is 5.69 Å². The normalized spacial score (nSPS) is 10.6. The van der Waals surface area contributed by atoms with E-state index in [1.807, 2.05) is 0 Å². The Kier molecular flexibility index (Phi) is 5.80. The molecule has 7 nitrogen and oxygen atoms in total. The second-order valence-corrected chi connectivity index (χ2v) is 5.73. The van der Waals surface area contributed by atoms with Crippen LogP contribution < -0.4 is 9.46 Å². The molecule has 0 radical (unpaired) electrons. The lowest BCUT2D eigenvalue weighted by Gasteiger charge is -2.09. The number of carboxylic acids is 1. The summed E-state index contributed by atoms with van der Waals surface area (Å²) in [5.41, 5.74) is 0.302. The van der Waals surface area contributed by atoms with E-state index in [-0.39, 0.29) is 25.2 Å². The van der Waals surface area contributed by atoms with E-state index in [1.54, 1.807) is 18.2 Å².